The average Bonchev–Trinajstić information content (AvgIpc) is 2.67. The van der Waals surface area contributed by atoms with E-state index in [-0.39, 0.29) is 18.3 Å². The van der Waals surface area contributed by atoms with Gasteiger partial charge in [-0.25, -0.2) is 4.68 Å². The summed E-state index contributed by atoms with van der Waals surface area (Å²) in [5, 5.41) is 28.5. The van der Waals surface area contributed by atoms with Gasteiger partial charge >= 0.3 is 5.69 Å². The number of β-amino-alcohol motifs (C(OH)–C–C–N with tert-alkyl or cyclic N) is 1. The lowest BCUT2D eigenvalue weighted by Crippen LogP contribution is -2.32. The van der Waals surface area contributed by atoms with Crippen LogP contribution >= 0.6 is 0 Å². The van der Waals surface area contributed by atoms with E-state index in [1.165, 1.54) is 10.9 Å². The minimum atomic E-state index is -0.706. The Kier molecular flexibility index (Phi) is 4.06. The molecule has 1 aromatic heterocycles. The lowest BCUT2D eigenvalue weighted by atomic mass is 10.1. The molecule has 0 aromatic carbocycles. The van der Waals surface area contributed by atoms with Crippen molar-refractivity contribution in [2.45, 2.75) is 25.0 Å². The summed E-state index contributed by atoms with van der Waals surface area (Å²) in [5.41, 5.74) is 8.37. The summed E-state index contributed by atoms with van der Waals surface area (Å²) in [6.07, 6.45) is 1.37. The maximum Gasteiger partial charge on any atom is 0.331 e. The van der Waals surface area contributed by atoms with Crippen molar-refractivity contribution in [1.82, 2.24) is 9.78 Å². The second-order valence-corrected chi connectivity index (χ2v) is 4.72. The Labute approximate surface area is 114 Å². The molecule has 2 heterocycles. The molecule has 1 N–H and O–H groups in total. The van der Waals surface area contributed by atoms with Crippen LogP contribution in [-0.2, 0) is 7.05 Å². The summed E-state index contributed by atoms with van der Waals surface area (Å²) < 4.78 is 1.42. The monoisotopic (exact) mass is 281 g/mol. The van der Waals surface area contributed by atoms with Crippen molar-refractivity contribution in [2.24, 2.45) is 12.2 Å². The number of hydrogen-bond acceptors (Lipinski definition) is 6. The van der Waals surface area contributed by atoms with Gasteiger partial charge in [0.2, 0.25) is 5.82 Å². The highest BCUT2D eigenvalue weighted by atomic mass is 16.6. The standard InChI is InChI=1S/C10H15N7O3/c1-15-10(9(5-12-15)17(19)20)16-3-2-7(13-14-11)4-8(18)6-16/h5,7-8,18H,2-4,6H2,1H3. The molecule has 2 atom stereocenters. The summed E-state index contributed by atoms with van der Waals surface area (Å²) in [6.45, 7) is 0.707. The largest absolute Gasteiger partial charge is 0.391 e. The smallest absolute Gasteiger partial charge is 0.331 e. The second kappa shape index (κ2) is 5.76. The zero-order chi connectivity index (χ0) is 14.7. The minimum Gasteiger partial charge on any atom is -0.391 e. The molecule has 0 aliphatic carbocycles. The third-order valence-corrected chi connectivity index (χ3v) is 3.31. The number of aryl methyl sites for hydroxylation is 1. The highest BCUT2D eigenvalue weighted by Gasteiger charge is 2.29. The molecule has 20 heavy (non-hydrogen) atoms. The molecule has 1 fully saturated rings. The first-order valence-corrected chi connectivity index (χ1v) is 6.16. The van der Waals surface area contributed by atoms with Crippen LogP contribution in [0.15, 0.2) is 11.3 Å². The second-order valence-electron chi connectivity index (χ2n) is 4.72. The van der Waals surface area contributed by atoms with Crippen molar-refractivity contribution >= 4 is 11.5 Å². The van der Waals surface area contributed by atoms with Gasteiger partial charge in [0.05, 0.1) is 11.0 Å². The number of hydrogen-bond donors (Lipinski definition) is 1. The lowest BCUT2D eigenvalue weighted by Gasteiger charge is -2.23. The Morgan fingerprint density at radius 3 is 3.10 bits per heavy atom. The van der Waals surface area contributed by atoms with Gasteiger partial charge in [0, 0.05) is 31.1 Å². The van der Waals surface area contributed by atoms with Gasteiger partial charge in [0.25, 0.3) is 0 Å². The van der Waals surface area contributed by atoms with Gasteiger partial charge in [-0.15, -0.1) is 0 Å². The minimum absolute atomic E-state index is 0.0954. The Morgan fingerprint density at radius 2 is 2.45 bits per heavy atom. The number of aliphatic hydroxyl groups excluding tert-OH is 1. The van der Waals surface area contributed by atoms with Crippen LogP contribution in [0.5, 0.6) is 0 Å². The molecule has 0 radical (unpaired) electrons. The van der Waals surface area contributed by atoms with Gasteiger partial charge < -0.3 is 10.0 Å². The van der Waals surface area contributed by atoms with E-state index in [1.54, 1.807) is 11.9 Å². The molecular weight excluding hydrogens is 266 g/mol. The number of aromatic nitrogens is 2. The van der Waals surface area contributed by atoms with Crippen LogP contribution in [-0.4, -0.2) is 45.0 Å². The average molecular weight is 281 g/mol. The predicted molar refractivity (Wildman–Crippen MR) is 70.3 cm³/mol. The van der Waals surface area contributed by atoms with E-state index in [0.29, 0.717) is 25.2 Å². The van der Waals surface area contributed by atoms with E-state index in [0.717, 1.165) is 0 Å². The number of rotatable bonds is 3. The third kappa shape index (κ3) is 2.81. The topological polar surface area (TPSA) is 133 Å². The van der Waals surface area contributed by atoms with Crippen LogP contribution in [0.3, 0.4) is 0 Å². The van der Waals surface area contributed by atoms with Crippen molar-refractivity contribution in [3.63, 3.8) is 0 Å². The molecular formula is C10H15N7O3. The summed E-state index contributed by atoms with van der Waals surface area (Å²) in [5.74, 6) is 0.357. The number of nitrogens with zero attached hydrogens (tertiary/aromatic N) is 7. The fourth-order valence-electron chi connectivity index (χ4n) is 2.44. The highest BCUT2D eigenvalue weighted by Crippen LogP contribution is 2.29. The van der Waals surface area contributed by atoms with Gasteiger partial charge in [-0.05, 0) is 18.4 Å². The normalized spacial score (nSPS) is 23.0. The molecule has 10 nitrogen and oxygen atoms in total. The first-order valence-electron chi connectivity index (χ1n) is 6.16. The number of aliphatic hydroxyl groups is 1. The van der Waals surface area contributed by atoms with Crippen LogP contribution in [0.2, 0.25) is 0 Å². The summed E-state index contributed by atoms with van der Waals surface area (Å²) in [7, 11) is 1.62. The van der Waals surface area contributed by atoms with Crippen LogP contribution in [0.1, 0.15) is 12.8 Å². The molecule has 0 amide bonds. The van der Waals surface area contributed by atoms with E-state index in [4.69, 9.17) is 5.53 Å². The number of anilines is 1. The third-order valence-electron chi connectivity index (χ3n) is 3.31. The maximum absolute atomic E-state index is 11.0. The van der Waals surface area contributed by atoms with E-state index < -0.39 is 11.0 Å². The van der Waals surface area contributed by atoms with Gasteiger partial charge in [0.15, 0.2) is 0 Å². The highest BCUT2D eigenvalue weighted by molar-refractivity contribution is 5.57. The molecule has 1 aromatic rings. The first-order chi connectivity index (χ1) is 9.52. The van der Waals surface area contributed by atoms with Crippen LogP contribution in [0, 0.1) is 10.1 Å². The predicted octanol–water partition coefficient (Wildman–Crippen LogP) is 0.968. The van der Waals surface area contributed by atoms with E-state index in [1.807, 2.05) is 0 Å². The van der Waals surface area contributed by atoms with E-state index in [9.17, 15) is 15.2 Å². The lowest BCUT2D eigenvalue weighted by molar-refractivity contribution is -0.384. The Bertz CT molecular complexity index is 551. The Morgan fingerprint density at radius 1 is 1.70 bits per heavy atom. The maximum atomic E-state index is 11.0. The Hall–Kier alpha value is -2.32. The number of azide groups is 1. The van der Waals surface area contributed by atoms with Gasteiger partial charge in [0.1, 0.15) is 6.20 Å². The van der Waals surface area contributed by atoms with Gasteiger partial charge in [-0.2, -0.15) is 5.10 Å². The SMILES string of the molecule is Cn1ncc([N+](=O)[O-])c1N1CCC(N=[N+]=[N-])CC(O)C1. The molecule has 0 spiro atoms. The molecule has 1 aliphatic rings. The number of nitro groups is 1. The summed E-state index contributed by atoms with van der Waals surface area (Å²) in [6, 6.07) is -0.299. The quantitative estimate of drug-likeness (QED) is 0.289. The zero-order valence-corrected chi connectivity index (χ0v) is 11.0. The van der Waals surface area contributed by atoms with Crippen LogP contribution in [0.25, 0.3) is 10.4 Å². The molecule has 1 aliphatic heterocycles. The van der Waals surface area contributed by atoms with Crippen molar-refractivity contribution < 1.29 is 10.0 Å². The van der Waals surface area contributed by atoms with Crippen LogP contribution < -0.4 is 4.90 Å². The fraction of sp³-hybridized carbons (Fsp3) is 0.700. The van der Waals surface area contributed by atoms with Gasteiger partial charge in [-0.1, -0.05) is 5.11 Å². The van der Waals surface area contributed by atoms with Crippen molar-refractivity contribution in [2.75, 3.05) is 18.0 Å². The summed E-state index contributed by atoms with van der Waals surface area (Å²) in [4.78, 5) is 15.0. The molecule has 0 saturated carbocycles. The molecule has 2 rings (SSSR count). The molecule has 108 valence electrons. The molecule has 1 saturated heterocycles. The first kappa shape index (κ1) is 14.1. The molecule has 0 bridgehead atoms. The van der Waals surface area contributed by atoms with Crippen molar-refractivity contribution in [3.05, 3.63) is 26.8 Å². The molecule has 10 heteroatoms. The molecule has 2 unspecified atom stereocenters. The van der Waals surface area contributed by atoms with E-state index >= 15 is 0 Å². The zero-order valence-electron chi connectivity index (χ0n) is 11.0. The van der Waals surface area contributed by atoms with Crippen LogP contribution in [0.4, 0.5) is 11.5 Å². The summed E-state index contributed by atoms with van der Waals surface area (Å²) >= 11 is 0. The van der Waals surface area contributed by atoms with Gasteiger partial charge in [-0.3, -0.25) is 10.1 Å². The Balaban J connectivity index is 2.27. The van der Waals surface area contributed by atoms with E-state index in [2.05, 4.69) is 15.1 Å². The van der Waals surface area contributed by atoms with Crippen molar-refractivity contribution in [3.8, 4) is 0 Å². The van der Waals surface area contributed by atoms with Crippen molar-refractivity contribution in [1.29, 1.82) is 0 Å². The fourth-order valence-corrected chi connectivity index (χ4v) is 2.44.